The van der Waals surface area contributed by atoms with Crippen molar-refractivity contribution in [3.63, 3.8) is 0 Å². The number of hydrogen-bond donors (Lipinski definition) is 0. The second-order valence-corrected chi connectivity index (χ2v) is 5.02. The molecule has 0 aromatic heterocycles. The zero-order chi connectivity index (χ0) is 9.64. The van der Waals surface area contributed by atoms with Gasteiger partial charge in [0.05, 0.1) is 0 Å². The van der Waals surface area contributed by atoms with Crippen LogP contribution < -0.4 is 0 Å². The molecule has 2 rings (SSSR count). The summed E-state index contributed by atoms with van der Waals surface area (Å²) >= 11 is 0. The third-order valence-electron chi connectivity index (χ3n) is 4.42. The molecule has 1 fully saturated rings. The van der Waals surface area contributed by atoms with Gasteiger partial charge in [0, 0.05) is 5.92 Å². The third-order valence-corrected chi connectivity index (χ3v) is 4.42. The Labute approximate surface area is 80.2 Å². The fourth-order valence-electron chi connectivity index (χ4n) is 3.11. The Morgan fingerprint density at radius 2 is 2.31 bits per heavy atom. The van der Waals surface area contributed by atoms with E-state index in [4.69, 9.17) is 0 Å². The van der Waals surface area contributed by atoms with Crippen LogP contribution >= 0.6 is 0 Å². The van der Waals surface area contributed by atoms with E-state index < -0.39 is 0 Å². The highest BCUT2D eigenvalue weighted by atomic mass is 16.1. The molecule has 0 aromatic rings. The molecule has 1 saturated carbocycles. The Bertz CT molecular complexity index is 266. The van der Waals surface area contributed by atoms with Crippen molar-refractivity contribution in [2.24, 2.45) is 23.2 Å². The van der Waals surface area contributed by atoms with Gasteiger partial charge in [-0.15, -0.1) is 0 Å². The van der Waals surface area contributed by atoms with Gasteiger partial charge in [-0.05, 0) is 37.0 Å². The van der Waals surface area contributed by atoms with E-state index in [0.717, 1.165) is 0 Å². The number of carbonyl (C=O) groups is 1. The molecule has 0 aliphatic heterocycles. The van der Waals surface area contributed by atoms with E-state index >= 15 is 0 Å². The highest BCUT2D eigenvalue weighted by molar-refractivity contribution is 5.60. The largest absolute Gasteiger partial charge is 0.303 e. The maximum atomic E-state index is 11.1. The van der Waals surface area contributed by atoms with Crippen molar-refractivity contribution in [2.45, 2.75) is 33.6 Å². The molecule has 1 heteroatoms. The molecule has 0 spiro atoms. The molecule has 0 radical (unpaired) electrons. The summed E-state index contributed by atoms with van der Waals surface area (Å²) < 4.78 is 0. The summed E-state index contributed by atoms with van der Waals surface area (Å²) in [5.74, 6) is 1.48. The summed E-state index contributed by atoms with van der Waals surface area (Å²) in [6.45, 7) is 6.72. The van der Waals surface area contributed by atoms with Crippen LogP contribution in [0, 0.1) is 23.2 Å². The topological polar surface area (TPSA) is 17.1 Å². The molecule has 1 nitrogen and oxygen atoms in total. The van der Waals surface area contributed by atoms with Crippen molar-refractivity contribution in [2.75, 3.05) is 0 Å². The fraction of sp³-hybridized carbons (Fsp3) is 0.750. The first-order valence-electron chi connectivity index (χ1n) is 5.24. The number of hydrogen-bond acceptors (Lipinski definition) is 1. The standard InChI is InChI=1S/C12H18O/c1-8-4-5-12(3)9(2)6-10(8)11(12)7-13/h6-8,10-11H,4-5H2,1-3H3. The monoisotopic (exact) mass is 178 g/mol. The van der Waals surface area contributed by atoms with Crippen molar-refractivity contribution < 1.29 is 4.79 Å². The van der Waals surface area contributed by atoms with Crippen LogP contribution in [0.15, 0.2) is 11.6 Å². The highest BCUT2D eigenvalue weighted by Gasteiger charge is 2.49. The number of allylic oxidation sites excluding steroid dienone is 2. The van der Waals surface area contributed by atoms with Gasteiger partial charge in [0.25, 0.3) is 0 Å². The van der Waals surface area contributed by atoms with Gasteiger partial charge < -0.3 is 4.79 Å². The van der Waals surface area contributed by atoms with E-state index in [1.54, 1.807) is 0 Å². The Kier molecular flexibility index (Phi) is 1.86. The van der Waals surface area contributed by atoms with E-state index in [1.165, 1.54) is 24.7 Å². The number of carbonyl (C=O) groups excluding carboxylic acids is 1. The number of aldehydes is 1. The van der Waals surface area contributed by atoms with Gasteiger partial charge in [-0.1, -0.05) is 25.5 Å². The molecule has 72 valence electrons. The Morgan fingerprint density at radius 3 is 2.85 bits per heavy atom. The first kappa shape index (κ1) is 8.98. The van der Waals surface area contributed by atoms with E-state index in [1.807, 2.05) is 0 Å². The van der Waals surface area contributed by atoms with Crippen LogP contribution in [0.1, 0.15) is 33.6 Å². The van der Waals surface area contributed by atoms with Crippen molar-refractivity contribution in [3.05, 3.63) is 11.6 Å². The van der Waals surface area contributed by atoms with Gasteiger partial charge in [0.1, 0.15) is 6.29 Å². The van der Waals surface area contributed by atoms with Crippen molar-refractivity contribution in [3.8, 4) is 0 Å². The lowest BCUT2D eigenvalue weighted by atomic mass is 9.63. The van der Waals surface area contributed by atoms with Crippen LogP contribution in [0.4, 0.5) is 0 Å². The Morgan fingerprint density at radius 1 is 1.62 bits per heavy atom. The van der Waals surface area contributed by atoms with E-state index in [9.17, 15) is 4.79 Å². The SMILES string of the molecule is CC1=CC2C(C)CCC1(C)C2C=O. The lowest BCUT2D eigenvalue weighted by Gasteiger charge is -2.40. The average Bonchev–Trinajstić information content (AvgIpc) is 2.29. The van der Waals surface area contributed by atoms with Gasteiger partial charge >= 0.3 is 0 Å². The van der Waals surface area contributed by atoms with Gasteiger partial charge in [-0.25, -0.2) is 0 Å². The summed E-state index contributed by atoms with van der Waals surface area (Å²) in [6, 6.07) is 0. The molecule has 4 atom stereocenters. The molecule has 0 heterocycles. The minimum absolute atomic E-state index is 0.193. The summed E-state index contributed by atoms with van der Waals surface area (Å²) in [4.78, 5) is 11.1. The lowest BCUT2D eigenvalue weighted by molar-refractivity contribution is -0.116. The minimum atomic E-state index is 0.193. The molecule has 0 N–H and O–H groups in total. The first-order valence-corrected chi connectivity index (χ1v) is 5.24. The fourth-order valence-corrected chi connectivity index (χ4v) is 3.11. The summed E-state index contributed by atoms with van der Waals surface area (Å²) in [6.07, 6.45) is 6.00. The van der Waals surface area contributed by atoms with Crippen molar-refractivity contribution >= 4 is 6.29 Å². The van der Waals surface area contributed by atoms with Crippen LogP contribution in [-0.4, -0.2) is 6.29 Å². The van der Waals surface area contributed by atoms with E-state index in [-0.39, 0.29) is 11.3 Å². The van der Waals surface area contributed by atoms with Crippen molar-refractivity contribution in [1.29, 1.82) is 0 Å². The maximum Gasteiger partial charge on any atom is 0.124 e. The highest BCUT2D eigenvalue weighted by Crippen LogP contribution is 2.55. The van der Waals surface area contributed by atoms with Crippen LogP contribution in [0.5, 0.6) is 0 Å². The third kappa shape index (κ3) is 1.02. The molecule has 0 aromatic carbocycles. The summed E-state index contributed by atoms with van der Waals surface area (Å²) in [7, 11) is 0. The molecule has 2 aliphatic carbocycles. The zero-order valence-electron chi connectivity index (χ0n) is 8.71. The second-order valence-electron chi connectivity index (χ2n) is 5.02. The van der Waals surface area contributed by atoms with Gasteiger partial charge in [-0.2, -0.15) is 0 Å². The van der Waals surface area contributed by atoms with Gasteiger partial charge in [0.2, 0.25) is 0 Å². The molecular formula is C12H18O. The second kappa shape index (κ2) is 2.70. The molecule has 2 bridgehead atoms. The number of rotatable bonds is 1. The number of fused-ring (bicyclic) bond motifs is 2. The normalized spacial score (nSPS) is 48.8. The minimum Gasteiger partial charge on any atom is -0.303 e. The quantitative estimate of drug-likeness (QED) is 0.446. The van der Waals surface area contributed by atoms with Gasteiger partial charge in [-0.3, -0.25) is 0 Å². The smallest absolute Gasteiger partial charge is 0.124 e. The molecule has 4 unspecified atom stereocenters. The van der Waals surface area contributed by atoms with Crippen LogP contribution in [-0.2, 0) is 4.79 Å². The van der Waals surface area contributed by atoms with Crippen molar-refractivity contribution in [1.82, 2.24) is 0 Å². The van der Waals surface area contributed by atoms with Crippen LogP contribution in [0.3, 0.4) is 0 Å². The molecule has 0 amide bonds. The van der Waals surface area contributed by atoms with Crippen LogP contribution in [0.25, 0.3) is 0 Å². The molecular weight excluding hydrogens is 160 g/mol. The Balaban J connectivity index is 2.39. The van der Waals surface area contributed by atoms with E-state index in [0.29, 0.717) is 11.8 Å². The van der Waals surface area contributed by atoms with Gasteiger partial charge in [0.15, 0.2) is 0 Å². The van der Waals surface area contributed by atoms with Crippen LogP contribution in [0.2, 0.25) is 0 Å². The maximum absolute atomic E-state index is 11.1. The molecule has 2 aliphatic rings. The average molecular weight is 178 g/mol. The summed E-state index contributed by atoms with van der Waals surface area (Å²) in [5.41, 5.74) is 1.64. The predicted molar refractivity (Wildman–Crippen MR) is 53.3 cm³/mol. The Hall–Kier alpha value is -0.590. The zero-order valence-corrected chi connectivity index (χ0v) is 8.71. The summed E-state index contributed by atoms with van der Waals surface area (Å²) in [5, 5.41) is 0. The molecule has 0 saturated heterocycles. The van der Waals surface area contributed by atoms with E-state index in [2.05, 4.69) is 26.8 Å². The lowest BCUT2D eigenvalue weighted by Crippen LogP contribution is -2.36. The molecule has 13 heavy (non-hydrogen) atoms. The predicted octanol–water partition coefficient (Wildman–Crippen LogP) is 2.81. The first-order chi connectivity index (χ1) is 6.09.